The topological polar surface area (TPSA) is 64.6 Å². The zero-order valence-corrected chi connectivity index (χ0v) is 20.9. The summed E-state index contributed by atoms with van der Waals surface area (Å²) in [6, 6.07) is 18.9. The van der Waals surface area contributed by atoms with E-state index < -0.39 is 0 Å². The Labute approximate surface area is 211 Å². The molecule has 0 unspecified atom stereocenters. The number of anilines is 1. The number of hydrogen-bond acceptors (Lipinski definition) is 6. The van der Waals surface area contributed by atoms with Crippen LogP contribution in [0, 0.1) is 5.82 Å². The van der Waals surface area contributed by atoms with Gasteiger partial charge in [-0.2, -0.15) is 0 Å². The first-order valence-corrected chi connectivity index (χ1v) is 12.0. The second-order valence-electron chi connectivity index (χ2n) is 8.52. The summed E-state index contributed by atoms with van der Waals surface area (Å²) in [5.41, 5.74) is 5.10. The van der Waals surface area contributed by atoms with Crippen LogP contribution in [0.2, 0.25) is 0 Å². The minimum Gasteiger partial charge on any atom is -0.497 e. The smallest absolute Gasteiger partial charge is 0.123 e. The van der Waals surface area contributed by atoms with Crippen LogP contribution in [0.1, 0.15) is 23.1 Å². The van der Waals surface area contributed by atoms with Crippen molar-refractivity contribution >= 4 is 16.6 Å². The Morgan fingerprint density at radius 3 is 2.36 bits per heavy atom. The molecule has 0 aliphatic heterocycles. The van der Waals surface area contributed by atoms with Gasteiger partial charge in [0.25, 0.3) is 0 Å². The Balaban J connectivity index is 1.33. The maximum atomic E-state index is 13.5. The predicted molar refractivity (Wildman–Crippen MR) is 142 cm³/mol. The monoisotopic (exact) mass is 489 g/mol. The van der Waals surface area contributed by atoms with E-state index in [-0.39, 0.29) is 5.82 Å². The summed E-state index contributed by atoms with van der Waals surface area (Å²) in [6.07, 6.45) is 3.50. The van der Waals surface area contributed by atoms with Gasteiger partial charge < -0.3 is 24.8 Å². The van der Waals surface area contributed by atoms with Crippen molar-refractivity contribution in [2.75, 3.05) is 39.7 Å². The van der Waals surface area contributed by atoms with Crippen LogP contribution in [-0.2, 0) is 13.0 Å². The number of aromatic nitrogens is 1. The Kier molecular flexibility index (Phi) is 8.57. The zero-order valence-electron chi connectivity index (χ0n) is 20.9. The molecule has 0 fully saturated rings. The van der Waals surface area contributed by atoms with Gasteiger partial charge in [0.05, 0.1) is 26.8 Å². The Morgan fingerprint density at radius 1 is 0.806 bits per heavy atom. The van der Waals surface area contributed by atoms with Crippen molar-refractivity contribution in [2.24, 2.45) is 0 Å². The minimum atomic E-state index is -0.259. The van der Waals surface area contributed by atoms with E-state index in [1.807, 2.05) is 30.5 Å². The quantitative estimate of drug-likeness (QED) is 0.253. The van der Waals surface area contributed by atoms with E-state index in [9.17, 15) is 4.39 Å². The average Bonchev–Trinajstić information content (AvgIpc) is 2.90. The molecule has 4 rings (SSSR count). The molecule has 0 radical (unpaired) electrons. The lowest BCUT2D eigenvalue weighted by molar-refractivity contribution is 0.393. The number of rotatable bonds is 12. The molecule has 188 valence electrons. The number of ether oxygens (including phenoxy) is 3. The van der Waals surface area contributed by atoms with E-state index in [0.717, 1.165) is 65.1 Å². The van der Waals surface area contributed by atoms with Crippen LogP contribution in [0.15, 0.2) is 66.9 Å². The van der Waals surface area contributed by atoms with Crippen LogP contribution >= 0.6 is 0 Å². The summed E-state index contributed by atoms with van der Waals surface area (Å²) in [6.45, 7) is 2.16. The molecule has 0 amide bonds. The fourth-order valence-electron chi connectivity index (χ4n) is 4.21. The molecule has 0 atom stereocenters. The molecule has 0 saturated carbocycles. The largest absolute Gasteiger partial charge is 0.497 e. The number of nitrogens with zero attached hydrogens (tertiary/aromatic N) is 1. The van der Waals surface area contributed by atoms with E-state index in [1.165, 1.54) is 17.7 Å². The van der Waals surface area contributed by atoms with Crippen molar-refractivity contribution in [3.05, 3.63) is 89.4 Å². The van der Waals surface area contributed by atoms with Crippen molar-refractivity contribution in [1.29, 1.82) is 0 Å². The molecule has 0 aliphatic carbocycles. The van der Waals surface area contributed by atoms with Crippen LogP contribution < -0.4 is 24.8 Å². The van der Waals surface area contributed by atoms with Gasteiger partial charge in [-0.15, -0.1) is 0 Å². The summed E-state index contributed by atoms with van der Waals surface area (Å²) in [5, 5.41) is 7.96. The second-order valence-corrected chi connectivity index (χ2v) is 8.52. The fraction of sp³-hybridized carbons (Fsp3) is 0.276. The molecule has 3 aromatic carbocycles. The summed E-state index contributed by atoms with van der Waals surface area (Å²) in [7, 11) is 4.91. The standard InChI is InChI=1S/C29H32FN3O3/c1-34-24-14-21(15-25(18-24)35-2)13-20-5-7-26-27(9-12-33-28(26)16-20)32-11-4-10-31-19-22-17-23(30)6-8-29(22)36-3/h5-9,12,14-18,31H,4,10-11,13,19H2,1-3H3,(H,32,33). The highest BCUT2D eigenvalue weighted by Crippen LogP contribution is 2.27. The van der Waals surface area contributed by atoms with Gasteiger partial charge in [0, 0.05) is 42.0 Å². The number of fused-ring (bicyclic) bond motifs is 1. The third-order valence-corrected chi connectivity index (χ3v) is 6.03. The van der Waals surface area contributed by atoms with Gasteiger partial charge in [-0.3, -0.25) is 4.98 Å². The molecule has 0 bridgehead atoms. The molecular formula is C29H32FN3O3. The van der Waals surface area contributed by atoms with E-state index >= 15 is 0 Å². The lowest BCUT2D eigenvalue weighted by Gasteiger charge is -2.12. The highest BCUT2D eigenvalue weighted by atomic mass is 19.1. The average molecular weight is 490 g/mol. The van der Waals surface area contributed by atoms with Crippen molar-refractivity contribution in [1.82, 2.24) is 10.3 Å². The van der Waals surface area contributed by atoms with Gasteiger partial charge >= 0.3 is 0 Å². The van der Waals surface area contributed by atoms with Crippen molar-refractivity contribution < 1.29 is 18.6 Å². The van der Waals surface area contributed by atoms with Crippen molar-refractivity contribution in [3.8, 4) is 17.2 Å². The maximum Gasteiger partial charge on any atom is 0.123 e. The van der Waals surface area contributed by atoms with E-state index in [2.05, 4.69) is 33.8 Å². The van der Waals surface area contributed by atoms with Crippen LogP contribution in [0.25, 0.3) is 10.9 Å². The Hall–Kier alpha value is -3.84. The lowest BCUT2D eigenvalue weighted by Crippen LogP contribution is -2.18. The normalized spacial score (nSPS) is 10.9. The molecule has 6 nitrogen and oxygen atoms in total. The number of nitrogens with one attached hydrogen (secondary N) is 2. The number of pyridine rings is 1. The molecule has 2 N–H and O–H groups in total. The Morgan fingerprint density at radius 2 is 1.61 bits per heavy atom. The van der Waals surface area contributed by atoms with E-state index in [1.54, 1.807) is 27.4 Å². The Bertz CT molecular complexity index is 1290. The van der Waals surface area contributed by atoms with Gasteiger partial charge in [0.15, 0.2) is 0 Å². The first kappa shape index (κ1) is 25.3. The first-order chi connectivity index (χ1) is 17.6. The summed E-state index contributed by atoms with van der Waals surface area (Å²) in [5.74, 6) is 1.99. The first-order valence-electron chi connectivity index (χ1n) is 12.0. The lowest BCUT2D eigenvalue weighted by atomic mass is 10.0. The van der Waals surface area contributed by atoms with Gasteiger partial charge in [0.2, 0.25) is 0 Å². The number of halogens is 1. The molecule has 0 aliphatic rings. The summed E-state index contributed by atoms with van der Waals surface area (Å²) < 4.78 is 29.6. The molecule has 0 saturated heterocycles. The minimum absolute atomic E-state index is 0.259. The number of methoxy groups -OCH3 is 3. The number of hydrogen-bond donors (Lipinski definition) is 2. The highest BCUT2D eigenvalue weighted by Gasteiger charge is 2.07. The summed E-state index contributed by atoms with van der Waals surface area (Å²) in [4.78, 5) is 4.58. The molecule has 36 heavy (non-hydrogen) atoms. The van der Waals surface area contributed by atoms with E-state index in [4.69, 9.17) is 14.2 Å². The molecule has 0 spiro atoms. The molecular weight excluding hydrogens is 457 g/mol. The van der Waals surface area contributed by atoms with Crippen LogP contribution in [0.3, 0.4) is 0 Å². The third kappa shape index (κ3) is 6.43. The number of benzene rings is 3. The zero-order chi connectivity index (χ0) is 25.3. The molecule has 1 heterocycles. The summed E-state index contributed by atoms with van der Waals surface area (Å²) >= 11 is 0. The SMILES string of the molecule is COc1cc(Cc2ccc3c(NCCCNCc4cc(F)ccc4OC)ccnc3c2)cc(OC)c1. The van der Waals surface area contributed by atoms with Crippen LogP contribution in [0.4, 0.5) is 10.1 Å². The van der Waals surface area contributed by atoms with Gasteiger partial charge in [-0.05, 0) is 73.0 Å². The maximum absolute atomic E-state index is 13.5. The van der Waals surface area contributed by atoms with Gasteiger partial charge in [-0.25, -0.2) is 4.39 Å². The fourth-order valence-corrected chi connectivity index (χ4v) is 4.21. The van der Waals surface area contributed by atoms with Crippen LogP contribution in [0.5, 0.6) is 17.2 Å². The molecule has 4 aromatic rings. The molecule has 7 heteroatoms. The highest BCUT2D eigenvalue weighted by molar-refractivity contribution is 5.91. The third-order valence-electron chi connectivity index (χ3n) is 6.03. The predicted octanol–water partition coefficient (Wildman–Crippen LogP) is 5.58. The van der Waals surface area contributed by atoms with Crippen molar-refractivity contribution in [3.63, 3.8) is 0 Å². The second kappa shape index (κ2) is 12.2. The van der Waals surface area contributed by atoms with Gasteiger partial charge in [-0.1, -0.05) is 12.1 Å². The van der Waals surface area contributed by atoms with Crippen molar-refractivity contribution in [2.45, 2.75) is 19.4 Å². The van der Waals surface area contributed by atoms with Gasteiger partial charge in [0.1, 0.15) is 23.1 Å². The van der Waals surface area contributed by atoms with E-state index in [0.29, 0.717) is 12.3 Å². The van der Waals surface area contributed by atoms with Crippen LogP contribution in [-0.4, -0.2) is 39.4 Å². The molecule has 1 aromatic heterocycles.